The maximum Gasteiger partial charge on any atom is 0.421 e. The van der Waals surface area contributed by atoms with Crippen molar-refractivity contribution in [2.75, 3.05) is 26.7 Å². The summed E-state index contributed by atoms with van der Waals surface area (Å²) in [7, 11) is -2.67. The largest absolute Gasteiger partial charge is 0.452 e. The Kier molecular flexibility index (Phi) is 4.97. The summed E-state index contributed by atoms with van der Waals surface area (Å²) in [6.07, 6.45) is 0.830. The molecule has 1 aliphatic rings. The second kappa shape index (κ2) is 6.02. The molecule has 7 nitrogen and oxygen atoms in total. The Balaban J connectivity index is 2.22. The first kappa shape index (κ1) is 13.2. The fraction of sp³-hybridized carbons (Fsp3) is 0.875. The molecule has 16 heavy (non-hydrogen) atoms. The summed E-state index contributed by atoms with van der Waals surface area (Å²) in [6.45, 7) is 2.22. The molecule has 1 aliphatic heterocycles. The second-order valence-electron chi connectivity index (χ2n) is 3.64. The third-order valence-electron chi connectivity index (χ3n) is 2.41. The minimum absolute atomic E-state index is 0.318. The van der Waals surface area contributed by atoms with E-state index in [1.807, 2.05) is 0 Å². The lowest BCUT2D eigenvalue weighted by Gasteiger charge is -2.10. The summed E-state index contributed by atoms with van der Waals surface area (Å²) in [5.74, 6) is 0.501. The van der Waals surface area contributed by atoms with Gasteiger partial charge in [0.1, 0.15) is 0 Å². The summed E-state index contributed by atoms with van der Waals surface area (Å²) in [5, 5.41) is 3.19. The van der Waals surface area contributed by atoms with Crippen molar-refractivity contribution in [3.05, 3.63) is 0 Å². The Morgan fingerprint density at radius 3 is 2.88 bits per heavy atom. The smallest absolute Gasteiger partial charge is 0.421 e. The Labute approximate surface area is 95.1 Å². The van der Waals surface area contributed by atoms with Crippen LogP contribution in [0.3, 0.4) is 0 Å². The molecule has 0 aromatic heterocycles. The lowest BCUT2D eigenvalue weighted by Crippen LogP contribution is -2.40. The van der Waals surface area contributed by atoms with E-state index < -0.39 is 16.3 Å². The molecule has 1 saturated heterocycles. The quantitative estimate of drug-likeness (QED) is 0.593. The second-order valence-corrected chi connectivity index (χ2v) is 5.14. The van der Waals surface area contributed by atoms with Crippen LogP contribution in [-0.2, 0) is 14.9 Å². The lowest BCUT2D eigenvalue weighted by atomic mass is 10.1. The monoisotopic (exact) mass is 251 g/mol. The molecule has 94 valence electrons. The molecule has 1 amide bonds. The van der Waals surface area contributed by atoms with E-state index in [0.717, 1.165) is 33.0 Å². The summed E-state index contributed by atoms with van der Waals surface area (Å²) in [4.78, 5) is 10.7. The van der Waals surface area contributed by atoms with Gasteiger partial charge in [-0.25, -0.2) is 9.52 Å². The standard InChI is InChI=1S/C8H17N3O4S/c1-15-8(12)11-16(13,14)10-5-3-7-2-4-9-6-7/h7,9-10H,2-6H2,1H3,(H,11,12). The zero-order chi connectivity index (χ0) is 12.0. The van der Waals surface area contributed by atoms with E-state index in [-0.39, 0.29) is 0 Å². The first-order valence-electron chi connectivity index (χ1n) is 5.09. The number of amides is 1. The molecule has 1 atom stereocenters. The van der Waals surface area contributed by atoms with Crippen LogP contribution in [0.1, 0.15) is 12.8 Å². The molecule has 0 radical (unpaired) electrons. The van der Waals surface area contributed by atoms with Crippen molar-refractivity contribution in [2.45, 2.75) is 12.8 Å². The molecular weight excluding hydrogens is 234 g/mol. The molecule has 1 unspecified atom stereocenters. The number of rotatable bonds is 5. The molecule has 1 heterocycles. The van der Waals surface area contributed by atoms with E-state index in [1.54, 1.807) is 4.72 Å². The van der Waals surface area contributed by atoms with Gasteiger partial charge in [-0.1, -0.05) is 0 Å². The van der Waals surface area contributed by atoms with Gasteiger partial charge in [0.25, 0.3) is 0 Å². The van der Waals surface area contributed by atoms with Gasteiger partial charge in [0.05, 0.1) is 7.11 Å². The van der Waals surface area contributed by atoms with Gasteiger partial charge >= 0.3 is 16.3 Å². The highest BCUT2D eigenvalue weighted by Crippen LogP contribution is 2.10. The third-order valence-corrected chi connectivity index (χ3v) is 3.43. The molecule has 0 aromatic rings. The van der Waals surface area contributed by atoms with Gasteiger partial charge in [-0.05, 0) is 31.8 Å². The molecule has 1 fully saturated rings. The third kappa shape index (κ3) is 4.77. The maximum atomic E-state index is 11.2. The van der Waals surface area contributed by atoms with Crippen molar-refractivity contribution in [2.24, 2.45) is 5.92 Å². The van der Waals surface area contributed by atoms with E-state index in [1.165, 1.54) is 0 Å². The summed E-state index contributed by atoms with van der Waals surface area (Å²) >= 11 is 0. The van der Waals surface area contributed by atoms with Gasteiger partial charge in [-0.3, -0.25) is 0 Å². The van der Waals surface area contributed by atoms with Gasteiger partial charge in [-0.2, -0.15) is 13.1 Å². The number of methoxy groups -OCH3 is 1. The van der Waals surface area contributed by atoms with Crippen molar-refractivity contribution in [1.29, 1.82) is 0 Å². The van der Waals surface area contributed by atoms with Crippen LogP contribution in [0.15, 0.2) is 0 Å². The molecule has 3 N–H and O–H groups in total. The van der Waals surface area contributed by atoms with Crippen molar-refractivity contribution in [3.63, 3.8) is 0 Å². The van der Waals surface area contributed by atoms with Crippen LogP contribution < -0.4 is 14.8 Å². The predicted octanol–water partition coefficient (Wildman–Crippen LogP) is -0.824. The van der Waals surface area contributed by atoms with Crippen molar-refractivity contribution in [1.82, 2.24) is 14.8 Å². The maximum absolute atomic E-state index is 11.2. The minimum Gasteiger partial charge on any atom is -0.452 e. The van der Waals surface area contributed by atoms with Crippen LogP contribution in [0.25, 0.3) is 0 Å². The fourth-order valence-electron chi connectivity index (χ4n) is 1.55. The molecule has 8 heteroatoms. The Bertz CT molecular complexity index is 324. The number of carbonyl (C=O) groups is 1. The van der Waals surface area contributed by atoms with Crippen LogP contribution in [-0.4, -0.2) is 41.3 Å². The highest BCUT2D eigenvalue weighted by Gasteiger charge is 2.17. The Morgan fingerprint density at radius 2 is 2.31 bits per heavy atom. The average Bonchev–Trinajstić information content (AvgIpc) is 2.69. The van der Waals surface area contributed by atoms with Crippen LogP contribution in [0.2, 0.25) is 0 Å². The van der Waals surface area contributed by atoms with Gasteiger partial charge in [0, 0.05) is 6.54 Å². The number of ether oxygens (including phenoxy) is 1. The van der Waals surface area contributed by atoms with Gasteiger partial charge in [0.2, 0.25) is 0 Å². The lowest BCUT2D eigenvalue weighted by molar-refractivity contribution is 0.177. The molecule has 0 saturated carbocycles. The Hall–Kier alpha value is -0.860. The normalized spacial score (nSPS) is 20.7. The number of nitrogens with one attached hydrogen (secondary N) is 3. The summed E-state index contributed by atoms with van der Waals surface area (Å²) < 4.78 is 30.7. The number of carbonyl (C=O) groups excluding carboxylic acids is 1. The molecular formula is C8H17N3O4S. The highest BCUT2D eigenvalue weighted by molar-refractivity contribution is 7.88. The van der Waals surface area contributed by atoms with Crippen LogP contribution in [0.4, 0.5) is 4.79 Å². The van der Waals surface area contributed by atoms with Crippen LogP contribution in [0.5, 0.6) is 0 Å². The predicted molar refractivity (Wildman–Crippen MR) is 58.1 cm³/mol. The Morgan fingerprint density at radius 1 is 1.56 bits per heavy atom. The van der Waals surface area contributed by atoms with Gasteiger partial charge in [0.15, 0.2) is 0 Å². The van der Waals surface area contributed by atoms with Gasteiger partial charge in [-0.15, -0.1) is 0 Å². The summed E-state index contributed by atoms with van der Waals surface area (Å²) in [6, 6.07) is 0. The van der Waals surface area contributed by atoms with E-state index in [9.17, 15) is 13.2 Å². The molecule has 0 bridgehead atoms. The molecule has 0 aliphatic carbocycles. The minimum atomic E-state index is -3.78. The zero-order valence-corrected chi connectivity index (χ0v) is 9.97. The highest BCUT2D eigenvalue weighted by atomic mass is 32.2. The molecule has 0 spiro atoms. The first-order valence-corrected chi connectivity index (χ1v) is 6.58. The first-order chi connectivity index (χ1) is 7.53. The zero-order valence-electron chi connectivity index (χ0n) is 9.15. The molecule has 1 rings (SSSR count). The van der Waals surface area contributed by atoms with Crippen molar-refractivity contribution < 1.29 is 17.9 Å². The van der Waals surface area contributed by atoms with Gasteiger partial charge < -0.3 is 10.1 Å². The van der Waals surface area contributed by atoms with Crippen LogP contribution >= 0.6 is 0 Å². The van der Waals surface area contributed by atoms with Crippen molar-refractivity contribution >= 4 is 16.3 Å². The van der Waals surface area contributed by atoms with E-state index in [4.69, 9.17) is 0 Å². The number of hydrogen-bond donors (Lipinski definition) is 3. The van der Waals surface area contributed by atoms with E-state index >= 15 is 0 Å². The van der Waals surface area contributed by atoms with Crippen LogP contribution in [0, 0.1) is 5.92 Å². The average molecular weight is 251 g/mol. The number of hydrogen-bond acceptors (Lipinski definition) is 5. The van der Waals surface area contributed by atoms with Crippen molar-refractivity contribution in [3.8, 4) is 0 Å². The molecule has 0 aromatic carbocycles. The fourth-order valence-corrected chi connectivity index (χ4v) is 2.31. The topological polar surface area (TPSA) is 96.5 Å². The van der Waals surface area contributed by atoms with E-state index in [2.05, 4.69) is 14.8 Å². The summed E-state index contributed by atoms with van der Waals surface area (Å²) in [5.41, 5.74) is 0. The van der Waals surface area contributed by atoms with E-state index in [0.29, 0.717) is 12.5 Å². The SMILES string of the molecule is COC(=O)NS(=O)(=O)NCCC1CCNC1.